The molecule has 11 aromatic rings. The molecule has 0 aliphatic rings. The molecule has 2 aromatic heterocycles. The average molecular weight is 1090 g/mol. The molecule has 0 unspecified atom stereocenters. The van der Waals surface area contributed by atoms with Gasteiger partial charge in [-0.05, 0) is 155 Å². The predicted molar refractivity (Wildman–Crippen MR) is 288 cm³/mol. The molecule has 75 heavy (non-hydrogen) atoms. The van der Waals surface area contributed by atoms with E-state index in [0.717, 1.165) is 53.6 Å². The number of rotatable bonds is 8. The van der Waals surface area contributed by atoms with Gasteiger partial charge in [0.1, 0.15) is 34.9 Å². The molecule has 15 heteroatoms. The average Bonchev–Trinajstić information content (AvgIpc) is 3.42. The minimum atomic E-state index is -1.75. The Morgan fingerprint density at radius 2 is 0.533 bits per heavy atom. The molecular formula is C60H40CuF6N3O3P2. The zero-order valence-electron chi connectivity index (χ0n) is 39.1. The summed E-state index contributed by atoms with van der Waals surface area (Å²) < 4.78 is 79.0. The van der Waals surface area contributed by atoms with Crippen molar-refractivity contribution in [1.29, 1.82) is 0 Å². The van der Waals surface area contributed by atoms with E-state index in [1.807, 2.05) is 24.5 Å². The molecule has 11 rings (SSSR count). The van der Waals surface area contributed by atoms with Gasteiger partial charge < -0.3 is 15.3 Å². The predicted octanol–water partition coefficient (Wildman–Crippen LogP) is 13.6. The number of halogens is 6. The van der Waals surface area contributed by atoms with E-state index in [1.165, 1.54) is 95.1 Å². The van der Waals surface area contributed by atoms with Crippen LogP contribution in [0, 0.1) is 50.2 Å². The van der Waals surface area contributed by atoms with E-state index in [4.69, 9.17) is 15.3 Å². The molecule has 0 aliphatic carbocycles. The maximum absolute atomic E-state index is 13.2. The van der Waals surface area contributed by atoms with Gasteiger partial charge in [0.05, 0.1) is 16.1 Å². The number of aromatic nitrogens is 2. The van der Waals surface area contributed by atoms with Crippen molar-refractivity contribution in [2.75, 3.05) is 0 Å². The first-order chi connectivity index (χ1) is 35.9. The van der Waals surface area contributed by atoms with E-state index in [0.29, 0.717) is 0 Å². The third-order valence-electron chi connectivity index (χ3n) is 11.3. The molecule has 0 saturated heterocycles. The molecule has 0 radical (unpaired) electrons. The number of hydrogen-bond donors (Lipinski definition) is 0. The van der Waals surface area contributed by atoms with Crippen LogP contribution in [-0.4, -0.2) is 15.1 Å². The minimum absolute atomic E-state index is 0. The van der Waals surface area contributed by atoms with Crippen LogP contribution in [0.2, 0.25) is 0 Å². The van der Waals surface area contributed by atoms with Gasteiger partial charge in [-0.15, -0.1) is 0 Å². The van der Waals surface area contributed by atoms with Crippen LogP contribution in [0.1, 0.15) is 0 Å². The summed E-state index contributed by atoms with van der Waals surface area (Å²) in [5, 5.41) is 22.6. The topological polar surface area (TPSA) is 92.0 Å². The Labute approximate surface area is 441 Å². The van der Waals surface area contributed by atoms with Crippen LogP contribution in [0.4, 0.5) is 26.3 Å². The van der Waals surface area contributed by atoms with E-state index < -0.39 is 20.9 Å². The van der Waals surface area contributed by atoms with Crippen LogP contribution < -0.4 is 31.8 Å². The Kier molecular flexibility index (Phi) is 19.2. The van der Waals surface area contributed by atoms with Gasteiger partial charge in [-0.1, -0.05) is 146 Å². The Morgan fingerprint density at radius 3 is 0.747 bits per heavy atom. The van der Waals surface area contributed by atoms with Crippen molar-refractivity contribution in [2.45, 2.75) is 0 Å². The summed E-state index contributed by atoms with van der Waals surface area (Å²) in [5.41, 5.74) is 6.65. The van der Waals surface area contributed by atoms with Crippen molar-refractivity contribution >= 4 is 69.5 Å². The van der Waals surface area contributed by atoms with Crippen molar-refractivity contribution in [1.82, 2.24) is 9.97 Å². The minimum Gasteiger partial charge on any atom is -0.356 e. The third-order valence-corrected chi connectivity index (χ3v) is 16.2. The van der Waals surface area contributed by atoms with Gasteiger partial charge >= 0.3 is 17.1 Å². The van der Waals surface area contributed by atoms with Crippen molar-refractivity contribution in [3.05, 3.63) is 293 Å². The summed E-state index contributed by atoms with van der Waals surface area (Å²) in [5.74, 6) is -1.85. The van der Waals surface area contributed by atoms with Crippen molar-refractivity contribution in [3.8, 4) is 22.3 Å². The zero-order chi connectivity index (χ0) is 52.0. The monoisotopic (exact) mass is 1090 g/mol. The van der Waals surface area contributed by atoms with Crippen molar-refractivity contribution in [2.24, 2.45) is 0 Å². The van der Waals surface area contributed by atoms with Gasteiger partial charge in [0.15, 0.2) is 0 Å². The largest absolute Gasteiger partial charge is 1.00 e. The van der Waals surface area contributed by atoms with Gasteiger partial charge in [-0.2, -0.15) is 0 Å². The standard InChI is InChI=1S/C24H16N2.2C18H12F3P.Cu.NO3/c1-3-7-17(8-4-1)19-13-15-25-23-21(19)11-12-22-20(14-16-26-24(22)23)18-9-5-2-6-10-18;2*19-13-1-7-16(8-2-13)22(17-9-3-14(20)4-10-17)18-11-5-15(21)6-12-18;;2-1(3)4/h1-16H;2*1-12H;;/q;;;+1;-1. The molecule has 0 N–H and O–H groups in total. The van der Waals surface area contributed by atoms with Gasteiger partial charge in [0.2, 0.25) is 0 Å². The summed E-state index contributed by atoms with van der Waals surface area (Å²) in [4.78, 5) is 17.6. The SMILES string of the molecule is Fc1ccc(P(c2ccc(F)cc2)c2ccc(F)cc2)cc1.Fc1ccc(P(c2ccc(F)cc2)c2ccc(F)cc2)cc1.O=[N+]([O-])[O-].[Cu+].c1ccc(-c2ccnc3c2ccc2c(-c4ccccc4)ccnc23)cc1. The number of benzene rings is 9. The number of pyridine rings is 2. The van der Waals surface area contributed by atoms with Crippen LogP contribution in [0.15, 0.2) is 243 Å². The van der Waals surface area contributed by atoms with Crippen LogP contribution in [0.25, 0.3) is 44.1 Å². The maximum atomic E-state index is 13.2. The van der Waals surface area contributed by atoms with E-state index in [2.05, 4.69) is 82.8 Å². The van der Waals surface area contributed by atoms with Gasteiger partial charge in [0.25, 0.3) is 0 Å². The molecule has 0 saturated carbocycles. The normalized spacial score (nSPS) is 10.6. The summed E-state index contributed by atoms with van der Waals surface area (Å²) in [6.07, 6.45) is 3.75. The number of hydrogen-bond acceptors (Lipinski definition) is 5. The second-order valence-corrected chi connectivity index (χ2v) is 20.5. The molecular weight excluding hydrogens is 1050 g/mol. The van der Waals surface area contributed by atoms with Gasteiger partial charge in [-0.3, -0.25) is 9.97 Å². The molecule has 0 spiro atoms. The molecule has 9 aromatic carbocycles. The Morgan fingerprint density at radius 1 is 0.320 bits per heavy atom. The molecule has 2 heterocycles. The first-order valence-corrected chi connectivity index (χ1v) is 25.3. The summed E-state index contributed by atoms with van der Waals surface area (Å²) in [6, 6.07) is 66.7. The molecule has 0 amide bonds. The van der Waals surface area contributed by atoms with Crippen LogP contribution >= 0.6 is 15.8 Å². The molecule has 0 aliphatic heterocycles. The second-order valence-electron chi connectivity index (χ2n) is 16.1. The van der Waals surface area contributed by atoms with Gasteiger partial charge in [0, 0.05) is 23.2 Å². The number of nitrogens with zero attached hydrogens (tertiary/aromatic N) is 3. The van der Waals surface area contributed by atoms with Crippen LogP contribution in [-0.2, 0) is 17.1 Å². The summed E-state index contributed by atoms with van der Waals surface area (Å²) in [6.45, 7) is 0. The fraction of sp³-hybridized carbons (Fsp3) is 0. The Balaban J connectivity index is 0.000000158. The molecule has 0 bridgehead atoms. The quantitative estimate of drug-likeness (QED) is 0.0377. The fourth-order valence-electron chi connectivity index (χ4n) is 8.00. The first-order valence-electron chi connectivity index (χ1n) is 22.6. The van der Waals surface area contributed by atoms with E-state index in [-0.39, 0.29) is 52.0 Å². The first kappa shape index (κ1) is 54.7. The third kappa shape index (κ3) is 14.4. The molecule has 376 valence electrons. The van der Waals surface area contributed by atoms with E-state index in [1.54, 1.807) is 72.8 Å². The second kappa shape index (κ2) is 26.3. The smallest absolute Gasteiger partial charge is 0.356 e. The van der Waals surface area contributed by atoms with Crippen molar-refractivity contribution < 1.29 is 48.5 Å². The summed E-state index contributed by atoms with van der Waals surface area (Å²) in [7, 11) is -1.97. The van der Waals surface area contributed by atoms with Crippen molar-refractivity contribution in [3.63, 3.8) is 0 Å². The number of fused-ring (bicyclic) bond motifs is 3. The zero-order valence-corrected chi connectivity index (χ0v) is 41.9. The van der Waals surface area contributed by atoms with E-state index in [9.17, 15) is 26.3 Å². The van der Waals surface area contributed by atoms with Crippen LogP contribution in [0.5, 0.6) is 0 Å². The molecule has 6 nitrogen and oxygen atoms in total. The van der Waals surface area contributed by atoms with E-state index >= 15 is 0 Å². The maximum Gasteiger partial charge on any atom is 1.00 e. The van der Waals surface area contributed by atoms with Crippen LogP contribution in [0.3, 0.4) is 0 Å². The summed E-state index contributed by atoms with van der Waals surface area (Å²) >= 11 is 0. The Hall–Kier alpha value is -8.04. The fourth-order valence-corrected chi connectivity index (χ4v) is 12.5. The van der Waals surface area contributed by atoms with Gasteiger partial charge in [-0.25, -0.2) is 26.3 Å². The molecule has 0 atom stereocenters. The Bertz CT molecular complexity index is 3140. The molecule has 0 fully saturated rings.